The van der Waals surface area contributed by atoms with E-state index in [1.54, 1.807) is 16.8 Å². The van der Waals surface area contributed by atoms with E-state index in [0.717, 1.165) is 28.4 Å². The molecule has 0 saturated carbocycles. The normalized spacial score (nSPS) is 10.5. The van der Waals surface area contributed by atoms with Crippen LogP contribution in [0.5, 0.6) is 5.75 Å². The molecule has 0 amide bonds. The summed E-state index contributed by atoms with van der Waals surface area (Å²) < 4.78 is 5.74. The molecule has 0 aromatic carbocycles. The minimum Gasteiger partial charge on any atom is -0.486 e. The minimum absolute atomic E-state index is 0.535. The molecule has 0 aliphatic carbocycles. The summed E-state index contributed by atoms with van der Waals surface area (Å²) in [5.41, 5.74) is 9.28. The summed E-state index contributed by atoms with van der Waals surface area (Å²) in [5, 5.41) is 0. The van der Waals surface area contributed by atoms with Gasteiger partial charge in [0.25, 0.3) is 0 Å². The van der Waals surface area contributed by atoms with E-state index in [0.29, 0.717) is 13.2 Å². The molecule has 90 valence electrons. The molecule has 2 N–H and O–H groups in total. The average Bonchev–Trinajstić information content (AvgIpc) is 2.81. The third-order valence-corrected chi connectivity index (χ3v) is 3.06. The second-order valence-corrected chi connectivity index (χ2v) is 4.66. The van der Waals surface area contributed by atoms with Gasteiger partial charge in [0.05, 0.1) is 16.1 Å². The summed E-state index contributed by atoms with van der Waals surface area (Å²) in [6.07, 6.45) is 2.55. The highest BCUT2D eigenvalue weighted by Gasteiger charge is 2.06. The quantitative estimate of drug-likeness (QED) is 0.879. The molecule has 2 rings (SSSR count). The lowest BCUT2D eigenvalue weighted by Crippen LogP contribution is -2.07. The number of hydrogen-bond donors (Lipinski definition) is 1. The van der Waals surface area contributed by atoms with Gasteiger partial charge in [0.2, 0.25) is 0 Å². The van der Waals surface area contributed by atoms with Gasteiger partial charge in [0.15, 0.2) is 0 Å². The Hall–Kier alpha value is -1.46. The first-order valence-corrected chi connectivity index (χ1v) is 6.34. The Labute approximate surface area is 104 Å². The molecule has 2 heterocycles. The van der Waals surface area contributed by atoms with Gasteiger partial charge in [-0.15, -0.1) is 11.3 Å². The lowest BCUT2D eigenvalue weighted by atomic mass is 10.2. The fraction of sp³-hybridized carbons (Fsp3) is 0.333. The number of thiazole rings is 1. The van der Waals surface area contributed by atoms with E-state index in [1.807, 2.05) is 25.3 Å². The van der Waals surface area contributed by atoms with Gasteiger partial charge in [0, 0.05) is 18.3 Å². The molecular formula is C12H15N3OS. The lowest BCUT2D eigenvalue weighted by Gasteiger charge is -2.10. The Morgan fingerprint density at radius 3 is 3.00 bits per heavy atom. The topological polar surface area (TPSA) is 61.0 Å². The van der Waals surface area contributed by atoms with Gasteiger partial charge in [-0.3, -0.25) is 9.97 Å². The van der Waals surface area contributed by atoms with Crippen molar-refractivity contribution in [1.82, 2.24) is 9.97 Å². The maximum absolute atomic E-state index is 5.74. The first-order valence-electron chi connectivity index (χ1n) is 5.46. The van der Waals surface area contributed by atoms with Crippen LogP contribution in [0.15, 0.2) is 23.8 Å². The van der Waals surface area contributed by atoms with Gasteiger partial charge in [-0.05, 0) is 25.6 Å². The molecule has 0 aliphatic rings. The fourth-order valence-electron chi connectivity index (χ4n) is 1.51. The van der Waals surface area contributed by atoms with Crippen molar-refractivity contribution in [2.24, 2.45) is 5.73 Å². The van der Waals surface area contributed by atoms with Gasteiger partial charge in [-0.25, -0.2) is 0 Å². The molecule has 0 aliphatic heterocycles. The van der Waals surface area contributed by atoms with Crippen molar-refractivity contribution in [2.75, 3.05) is 6.54 Å². The Morgan fingerprint density at radius 1 is 1.41 bits per heavy atom. The first kappa shape index (κ1) is 12.0. The van der Waals surface area contributed by atoms with E-state index in [2.05, 4.69) is 9.97 Å². The summed E-state index contributed by atoms with van der Waals surface area (Å²) >= 11 is 1.58. The van der Waals surface area contributed by atoms with Crippen molar-refractivity contribution in [1.29, 1.82) is 0 Å². The molecule has 5 heteroatoms. The van der Waals surface area contributed by atoms with Crippen LogP contribution >= 0.6 is 11.3 Å². The van der Waals surface area contributed by atoms with Crippen LogP contribution in [0.2, 0.25) is 0 Å². The zero-order valence-corrected chi connectivity index (χ0v) is 10.5. The van der Waals surface area contributed by atoms with E-state index in [9.17, 15) is 0 Å². The predicted molar refractivity (Wildman–Crippen MR) is 68.2 cm³/mol. The molecule has 0 spiro atoms. The third-order valence-electron chi connectivity index (χ3n) is 2.31. The standard InChI is InChI=1S/C12H15N3OS/c1-9-2-3-12(11(15-9)4-5-13)16-7-10-6-14-8-17-10/h2-3,6,8H,4-5,7,13H2,1H3. The van der Waals surface area contributed by atoms with E-state index in [1.165, 1.54) is 0 Å². The van der Waals surface area contributed by atoms with Crippen LogP contribution in [0, 0.1) is 6.92 Å². The van der Waals surface area contributed by atoms with Gasteiger partial charge in [-0.1, -0.05) is 0 Å². The molecule has 0 fully saturated rings. The van der Waals surface area contributed by atoms with Crippen LogP contribution in [-0.2, 0) is 13.0 Å². The van der Waals surface area contributed by atoms with E-state index in [-0.39, 0.29) is 0 Å². The Bertz CT molecular complexity index is 471. The largest absolute Gasteiger partial charge is 0.486 e. The smallest absolute Gasteiger partial charge is 0.141 e. The number of aromatic nitrogens is 2. The van der Waals surface area contributed by atoms with Crippen LogP contribution in [-0.4, -0.2) is 16.5 Å². The van der Waals surface area contributed by atoms with Crippen molar-refractivity contribution < 1.29 is 4.74 Å². The number of rotatable bonds is 5. The minimum atomic E-state index is 0.535. The first-order chi connectivity index (χ1) is 8.29. The van der Waals surface area contributed by atoms with Gasteiger partial charge >= 0.3 is 0 Å². The molecule has 0 saturated heterocycles. The summed E-state index contributed by atoms with van der Waals surface area (Å²) in [6, 6.07) is 3.90. The van der Waals surface area contributed by atoms with Crippen molar-refractivity contribution in [3.05, 3.63) is 40.1 Å². The average molecular weight is 249 g/mol. The van der Waals surface area contributed by atoms with Gasteiger partial charge < -0.3 is 10.5 Å². The van der Waals surface area contributed by atoms with E-state index in [4.69, 9.17) is 10.5 Å². The summed E-state index contributed by atoms with van der Waals surface area (Å²) in [7, 11) is 0. The number of nitrogens with zero attached hydrogens (tertiary/aromatic N) is 2. The third kappa shape index (κ3) is 3.25. The van der Waals surface area contributed by atoms with Crippen molar-refractivity contribution in [3.8, 4) is 5.75 Å². The Morgan fingerprint density at radius 2 is 2.29 bits per heavy atom. The van der Waals surface area contributed by atoms with Crippen LogP contribution in [0.3, 0.4) is 0 Å². The maximum atomic E-state index is 5.74. The number of aryl methyl sites for hydroxylation is 1. The molecule has 0 atom stereocenters. The molecule has 0 bridgehead atoms. The molecule has 0 unspecified atom stereocenters. The SMILES string of the molecule is Cc1ccc(OCc2cncs2)c(CCN)n1. The molecule has 2 aromatic heterocycles. The zero-order valence-electron chi connectivity index (χ0n) is 9.72. The zero-order chi connectivity index (χ0) is 12.1. The molecule has 17 heavy (non-hydrogen) atoms. The predicted octanol–water partition coefficient (Wildman–Crippen LogP) is 1.93. The maximum Gasteiger partial charge on any atom is 0.141 e. The lowest BCUT2D eigenvalue weighted by molar-refractivity contribution is 0.304. The second kappa shape index (κ2) is 5.75. The monoisotopic (exact) mass is 249 g/mol. The molecular weight excluding hydrogens is 234 g/mol. The number of nitrogens with two attached hydrogens (primary N) is 1. The number of pyridine rings is 1. The van der Waals surface area contributed by atoms with Crippen molar-refractivity contribution in [3.63, 3.8) is 0 Å². The van der Waals surface area contributed by atoms with Crippen LogP contribution < -0.4 is 10.5 Å². The van der Waals surface area contributed by atoms with Crippen molar-refractivity contribution >= 4 is 11.3 Å². The molecule has 2 aromatic rings. The highest BCUT2D eigenvalue weighted by molar-refractivity contribution is 7.09. The number of ether oxygens (including phenoxy) is 1. The van der Waals surface area contributed by atoms with Crippen LogP contribution in [0.4, 0.5) is 0 Å². The van der Waals surface area contributed by atoms with E-state index >= 15 is 0 Å². The highest BCUT2D eigenvalue weighted by atomic mass is 32.1. The van der Waals surface area contributed by atoms with Gasteiger partial charge in [0.1, 0.15) is 12.4 Å². The fourth-order valence-corrected chi connectivity index (χ4v) is 2.01. The summed E-state index contributed by atoms with van der Waals surface area (Å²) in [5.74, 6) is 0.814. The molecule has 4 nitrogen and oxygen atoms in total. The molecule has 0 radical (unpaired) electrons. The Balaban J connectivity index is 2.08. The number of hydrogen-bond acceptors (Lipinski definition) is 5. The Kier molecular flexibility index (Phi) is 4.06. The van der Waals surface area contributed by atoms with Crippen LogP contribution in [0.25, 0.3) is 0 Å². The second-order valence-electron chi connectivity index (χ2n) is 3.69. The van der Waals surface area contributed by atoms with Gasteiger partial charge in [-0.2, -0.15) is 0 Å². The van der Waals surface area contributed by atoms with E-state index < -0.39 is 0 Å². The van der Waals surface area contributed by atoms with Crippen LogP contribution in [0.1, 0.15) is 16.3 Å². The highest BCUT2D eigenvalue weighted by Crippen LogP contribution is 2.19. The van der Waals surface area contributed by atoms with Crippen molar-refractivity contribution in [2.45, 2.75) is 20.0 Å². The summed E-state index contributed by atoms with van der Waals surface area (Å²) in [6.45, 7) is 3.08. The summed E-state index contributed by atoms with van der Waals surface area (Å²) in [4.78, 5) is 9.56.